The number of amides is 4. The van der Waals surface area contributed by atoms with Crippen molar-refractivity contribution in [2.75, 3.05) is 13.2 Å². The zero-order valence-electron chi connectivity index (χ0n) is 22.2. The predicted molar refractivity (Wildman–Crippen MR) is 139 cm³/mol. The van der Waals surface area contributed by atoms with Crippen LogP contribution >= 0.6 is 0 Å². The van der Waals surface area contributed by atoms with Crippen LogP contribution < -0.4 is 16.0 Å². The van der Waals surface area contributed by atoms with E-state index >= 15 is 0 Å². The molecule has 0 aromatic heterocycles. The van der Waals surface area contributed by atoms with Crippen molar-refractivity contribution in [1.29, 1.82) is 0 Å². The number of carbonyl (C=O) groups is 5. The van der Waals surface area contributed by atoms with E-state index in [4.69, 9.17) is 4.74 Å². The zero-order valence-corrected chi connectivity index (χ0v) is 22.2. The fourth-order valence-corrected chi connectivity index (χ4v) is 5.10. The molecule has 1 aromatic rings. The standard InChI is InChI=1S/C28H38N4O6/c1-28(2)27(37)30-20(16-18-10-5-3-6-11-18)26(36)32-15-9-13-21(32)25(35)29-19(24(34)31-28)12-7-4-8-14-22(33)23-17-38-23/h3,5-6,10-11,19-21,23H,4,7-9,12-17H2,1-2H3,(H,29,35)(H,30,37)(H,31,34)/t19-,20-,21-,23+/m1/s1. The summed E-state index contributed by atoms with van der Waals surface area (Å²) in [5.41, 5.74) is -0.429. The summed E-state index contributed by atoms with van der Waals surface area (Å²) in [4.78, 5) is 66.9. The van der Waals surface area contributed by atoms with E-state index in [2.05, 4.69) is 16.0 Å². The Balaban J connectivity index is 1.48. The Bertz CT molecular complexity index is 1050. The fourth-order valence-electron chi connectivity index (χ4n) is 5.10. The number of ketones is 1. The molecule has 38 heavy (non-hydrogen) atoms. The molecule has 10 heteroatoms. The van der Waals surface area contributed by atoms with Crippen LogP contribution in [0.15, 0.2) is 30.3 Å². The molecule has 3 N–H and O–H groups in total. The maximum atomic E-state index is 13.7. The van der Waals surface area contributed by atoms with E-state index in [9.17, 15) is 24.0 Å². The number of hydrogen-bond acceptors (Lipinski definition) is 6. The van der Waals surface area contributed by atoms with Gasteiger partial charge in [0.1, 0.15) is 29.8 Å². The van der Waals surface area contributed by atoms with Crippen molar-refractivity contribution in [2.24, 2.45) is 0 Å². The first-order chi connectivity index (χ1) is 18.2. The van der Waals surface area contributed by atoms with Crippen molar-refractivity contribution in [3.8, 4) is 0 Å². The van der Waals surface area contributed by atoms with Crippen molar-refractivity contribution >= 4 is 29.4 Å². The van der Waals surface area contributed by atoms with Gasteiger partial charge >= 0.3 is 0 Å². The highest BCUT2D eigenvalue weighted by Gasteiger charge is 2.42. The maximum absolute atomic E-state index is 13.7. The summed E-state index contributed by atoms with van der Waals surface area (Å²) in [6, 6.07) is 6.97. The van der Waals surface area contributed by atoms with Crippen LogP contribution in [0.4, 0.5) is 0 Å². The minimum Gasteiger partial charge on any atom is -0.365 e. The Hall–Kier alpha value is -3.27. The molecule has 0 radical (unpaired) electrons. The second-order valence-electron chi connectivity index (χ2n) is 11.0. The first-order valence-electron chi connectivity index (χ1n) is 13.6. The second-order valence-corrected chi connectivity index (χ2v) is 11.0. The van der Waals surface area contributed by atoms with Gasteiger partial charge in [-0.05, 0) is 45.1 Å². The average Bonchev–Trinajstić information content (AvgIpc) is 3.62. The number of fused-ring (bicyclic) bond motifs is 1. The van der Waals surface area contributed by atoms with E-state index in [1.807, 2.05) is 30.3 Å². The lowest BCUT2D eigenvalue weighted by atomic mass is 9.98. The van der Waals surface area contributed by atoms with E-state index < -0.39 is 35.5 Å². The van der Waals surface area contributed by atoms with Gasteiger partial charge in [0.15, 0.2) is 5.78 Å². The Morgan fingerprint density at radius 1 is 1.00 bits per heavy atom. The van der Waals surface area contributed by atoms with Crippen molar-refractivity contribution < 1.29 is 28.7 Å². The molecule has 206 valence electrons. The topological polar surface area (TPSA) is 137 Å². The Kier molecular flexibility index (Phi) is 8.81. The molecule has 0 bridgehead atoms. The van der Waals surface area contributed by atoms with Crippen LogP contribution in [0.5, 0.6) is 0 Å². The summed E-state index contributed by atoms with van der Waals surface area (Å²) in [6.45, 7) is 4.08. The van der Waals surface area contributed by atoms with Crippen LogP contribution in [0.2, 0.25) is 0 Å². The highest BCUT2D eigenvalue weighted by atomic mass is 16.6. The smallest absolute Gasteiger partial charge is 0.246 e. The van der Waals surface area contributed by atoms with Crippen LogP contribution in [0.25, 0.3) is 0 Å². The highest BCUT2D eigenvalue weighted by molar-refractivity contribution is 5.99. The number of nitrogens with zero attached hydrogens (tertiary/aromatic N) is 1. The third kappa shape index (κ3) is 6.98. The van der Waals surface area contributed by atoms with Crippen LogP contribution in [-0.4, -0.2) is 77.2 Å². The summed E-state index contributed by atoms with van der Waals surface area (Å²) >= 11 is 0. The van der Waals surface area contributed by atoms with Gasteiger partial charge in [0.2, 0.25) is 23.6 Å². The Morgan fingerprint density at radius 2 is 1.74 bits per heavy atom. The number of nitrogens with one attached hydrogen (secondary N) is 3. The highest BCUT2D eigenvalue weighted by Crippen LogP contribution is 2.22. The van der Waals surface area contributed by atoms with Crippen molar-refractivity contribution in [3.63, 3.8) is 0 Å². The van der Waals surface area contributed by atoms with E-state index in [0.29, 0.717) is 51.7 Å². The fraction of sp³-hybridized carbons (Fsp3) is 0.607. The number of unbranched alkanes of at least 4 members (excludes halogenated alkanes) is 2. The molecule has 4 atom stereocenters. The molecule has 10 nitrogen and oxygen atoms in total. The second kappa shape index (κ2) is 12.1. The number of ether oxygens (including phenoxy) is 1. The molecule has 0 saturated carbocycles. The lowest BCUT2D eigenvalue weighted by Crippen LogP contribution is -2.64. The molecule has 4 amide bonds. The quantitative estimate of drug-likeness (QED) is 0.325. The van der Waals surface area contributed by atoms with Crippen LogP contribution in [-0.2, 0) is 35.1 Å². The minimum atomic E-state index is -1.31. The number of epoxide rings is 1. The number of Topliss-reactive ketones (excluding diaryl/α,β-unsaturated/α-hetero) is 1. The van der Waals surface area contributed by atoms with E-state index in [1.54, 1.807) is 18.7 Å². The molecule has 3 fully saturated rings. The normalized spacial score (nSPS) is 27.4. The minimum absolute atomic E-state index is 0.103. The van der Waals surface area contributed by atoms with E-state index in [1.165, 1.54) is 0 Å². The van der Waals surface area contributed by atoms with Gasteiger partial charge in [-0.3, -0.25) is 24.0 Å². The van der Waals surface area contributed by atoms with Gasteiger partial charge in [0.05, 0.1) is 6.61 Å². The number of rotatable bonds is 9. The summed E-state index contributed by atoms with van der Waals surface area (Å²) in [5.74, 6) is -1.48. The molecule has 3 aliphatic heterocycles. The molecule has 3 heterocycles. The number of benzene rings is 1. The monoisotopic (exact) mass is 526 g/mol. The summed E-state index contributed by atoms with van der Waals surface area (Å²) in [5, 5.41) is 8.48. The molecular formula is C28H38N4O6. The Morgan fingerprint density at radius 3 is 2.45 bits per heavy atom. The molecule has 3 saturated heterocycles. The lowest BCUT2D eigenvalue weighted by Gasteiger charge is -2.34. The third-order valence-electron chi connectivity index (χ3n) is 7.47. The number of carbonyl (C=O) groups excluding carboxylic acids is 5. The van der Waals surface area contributed by atoms with Crippen molar-refractivity contribution in [2.45, 2.75) is 95.0 Å². The summed E-state index contributed by atoms with van der Waals surface area (Å²) < 4.78 is 5.01. The van der Waals surface area contributed by atoms with Gasteiger partial charge < -0.3 is 25.6 Å². The van der Waals surface area contributed by atoms with E-state index in [-0.39, 0.29) is 30.1 Å². The molecule has 4 rings (SSSR count). The van der Waals surface area contributed by atoms with E-state index in [0.717, 1.165) is 12.0 Å². The van der Waals surface area contributed by atoms with Crippen LogP contribution in [0.3, 0.4) is 0 Å². The molecular weight excluding hydrogens is 488 g/mol. The first-order valence-corrected chi connectivity index (χ1v) is 13.6. The Labute approximate surface area is 223 Å². The van der Waals surface area contributed by atoms with Gasteiger partial charge in [-0.1, -0.05) is 43.2 Å². The van der Waals surface area contributed by atoms with Gasteiger partial charge in [0, 0.05) is 19.4 Å². The molecule has 3 aliphatic rings. The SMILES string of the molecule is CC1(C)NC(=O)[C@@H](CCCCCC(=O)[C@@H]2CO2)NC(=O)[C@H]2CCCN2C(=O)[C@@H](Cc2ccccc2)NC1=O. The lowest BCUT2D eigenvalue weighted by molar-refractivity contribution is -0.144. The third-order valence-corrected chi connectivity index (χ3v) is 7.47. The van der Waals surface area contributed by atoms with Gasteiger partial charge in [0.25, 0.3) is 0 Å². The van der Waals surface area contributed by atoms with Crippen LogP contribution in [0.1, 0.15) is 64.4 Å². The zero-order chi connectivity index (χ0) is 27.3. The number of hydrogen-bond donors (Lipinski definition) is 3. The van der Waals surface area contributed by atoms with Gasteiger partial charge in [-0.25, -0.2) is 0 Å². The maximum Gasteiger partial charge on any atom is 0.246 e. The average molecular weight is 527 g/mol. The summed E-state index contributed by atoms with van der Waals surface area (Å²) in [7, 11) is 0. The predicted octanol–water partition coefficient (Wildman–Crippen LogP) is 1.02. The van der Waals surface area contributed by atoms with Gasteiger partial charge in [-0.15, -0.1) is 0 Å². The van der Waals surface area contributed by atoms with Crippen molar-refractivity contribution in [3.05, 3.63) is 35.9 Å². The molecule has 0 unspecified atom stereocenters. The molecule has 0 aliphatic carbocycles. The first kappa shape index (κ1) is 27.8. The summed E-state index contributed by atoms with van der Waals surface area (Å²) in [6.07, 6.45) is 4.01. The van der Waals surface area contributed by atoms with Gasteiger partial charge in [-0.2, -0.15) is 0 Å². The molecule has 1 aromatic carbocycles. The molecule has 0 spiro atoms. The van der Waals surface area contributed by atoms with Crippen molar-refractivity contribution in [1.82, 2.24) is 20.9 Å². The largest absolute Gasteiger partial charge is 0.365 e. The van der Waals surface area contributed by atoms with Crippen LogP contribution in [0, 0.1) is 0 Å².